The molecule has 0 aliphatic carbocycles. The molecule has 1 aromatic carbocycles. The molecule has 0 radical (unpaired) electrons. The van der Waals surface area contributed by atoms with Crippen molar-refractivity contribution in [2.24, 2.45) is 5.10 Å². The Bertz CT molecular complexity index is 619. The van der Waals surface area contributed by atoms with Crippen molar-refractivity contribution in [3.05, 3.63) is 47.8 Å². The average Bonchev–Trinajstić information content (AvgIpc) is 2.37. The van der Waals surface area contributed by atoms with Crippen LogP contribution in [0.1, 0.15) is 12.5 Å². The summed E-state index contributed by atoms with van der Waals surface area (Å²) in [4.78, 5) is 4.08. The first-order valence-electron chi connectivity index (χ1n) is 5.59. The van der Waals surface area contributed by atoms with Gasteiger partial charge in [0.15, 0.2) is 0 Å². The topological polar surface area (TPSA) is 28.5 Å². The number of hydrogen-bond donors (Lipinski definition) is 0. The van der Waals surface area contributed by atoms with Crippen molar-refractivity contribution in [3.63, 3.8) is 0 Å². The molecule has 2 rings (SSSR count). The SMILES string of the molecule is C=C(c1cccc2cnc(Cl)cc12)N(C)/N=C\C. The monoisotopic (exact) mass is 259 g/mol. The fraction of sp³-hybridized carbons (Fsp3) is 0.143. The molecule has 92 valence electrons. The van der Waals surface area contributed by atoms with Gasteiger partial charge in [-0.05, 0) is 18.4 Å². The number of benzene rings is 1. The average molecular weight is 260 g/mol. The Morgan fingerprint density at radius 1 is 1.50 bits per heavy atom. The Hall–Kier alpha value is -1.87. The predicted octanol–water partition coefficient (Wildman–Crippen LogP) is 3.80. The second kappa shape index (κ2) is 5.19. The molecule has 0 aliphatic heterocycles. The smallest absolute Gasteiger partial charge is 0.129 e. The molecular formula is C14H14ClN3. The highest BCUT2D eigenvalue weighted by Crippen LogP contribution is 2.27. The zero-order valence-corrected chi connectivity index (χ0v) is 11.1. The molecule has 1 heterocycles. The van der Waals surface area contributed by atoms with Crippen LogP contribution in [-0.4, -0.2) is 23.3 Å². The van der Waals surface area contributed by atoms with Gasteiger partial charge >= 0.3 is 0 Å². The summed E-state index contributed by atoms with van der Waals surface area (Å²) in [5.41, 5.74) is 1.82. The molecule has 18 heavy (non-hydrogen) atoms. The maximum absolute atomic E-state index is 5.95. The lowest BCUT2D eigenvalue weighted by Crippen LogP contribution is -2.08. The van der Waals surface area contributed by atoms with E-state index in [9.17, 15) is 0 Å². The lowest BCUT2D eigenvalue weighted by molar-refractivity contribution is 0.521. The molecule has 0 unspecified atom stereocenters. The van der Waals surface area contributed by atoms with Crippen molar-refractivity contribution in [3.8, 4) is 0 Å². The highest BCUT2D eigenvalue weighted by Gasteiger charge is 2.08. The lowest BCUT2D eigenvalue weighted by atomic mass is 10.0. The summed E-state index contributed by atoms with van der Waals surface area (Å²) in [6, 6.07) is 7.82. The zero-order valence-electron chi connectivity index (χ0n) is 10.4. The second-order valence-electron chi connectivity index (χ2n) is 3.88. The van der Waals surface area contributed by atoms with Gasteiger partial charge in [0.25, 0.3) is 0 Å². The van der Waals surface area contributed by atoms with Crippen LogP contribution in [0, 0.1) is 0 Å². The van der Waals surface area contributed by atoms with Crippen LogP contribution in [0.15, 0.2) is 42.1 Å². The molecule has 2 aromatic rings. The van der Waals surface area contributed by atoms with Gasteiger partial charge in [0.2, 0.25) is 0 Å². The van der Waals surface area contributed by atoms with Gasteiger partial charge in [-0.1, -0.05) is 36.4 Å². The van der Waals surface area contributed by atoms with E-state index in [4.69, 9.17) is 11.6 Å². The Labute approximate surface area is 111 Å². The summed E-state index contributed by atoms with van der Waals surface area (Å²) in [7, 11) is 1.87. The van der Waals surface area contributed by atoms with Crippen LogP contribution in [0.2, 0.25) is 5.15 Å². The highest BCUT2D eigenvalue weighted by atomic mass is 35.5. The second-order valence-corrected chi connectivity index (χ2v) is 4.26. The van der Waals surface area contributed by atoms with Gasteiger partial charge in [-0.25, -0.2) is 4.98 Å². The molecule has 0 aliphatic rings. The molecular weight excluding hydrogens is 246 g/mol. The van der Waals surface area contributed by atoms with Crippen molar-refractivity contribution < 1.29 is 0 Å². The minimum atomic E-state index is 0.476. The predicted molar refractivity (Wildman–Crippen MR) is 77.7 cm³/mol. The summed E-state index contributed by atoms with van der Waals surface area (Å²) < 4.78 is 0. The van der Waals surface area contributed by atoms with Crippen LogP contribution in [0.3, 0.4) is 0 Å². The van der Waals surface area contributed by atoms with Crippen molar-refractivity contribution in [1.82, 2.24) is 9.99 Å². The summed E-state index contributed by atoms with van der Waals surface area (Å²) in [5.74, 6) is 0. The van der Waals surface area contributed by atoms with E-state index in [1.807, 2.05) is 38.2 Å². The largest absolute Gasteiger partial charge is 0.269 e. The number of aromatic nitrogens is 1. The summed E-state index contributed by atoms with van der Waals surface area (Å²) in [6.07, 6.45) is 3.49. The molecule has 0 N–H and O–H groups in total. The molecule has 0 bridgehead atoms. The summed E-state index contributed by atoms with van der Waals surface area (Å²) in [6.45, 7) is 5.94. The standard InChI is InChI=1S/C14H14ClN3/c1-4-17-18(3)10(2)12-7-5-6-11-9-16-14(15)8-13(11)12/h4-9H,2H2,1,3H3/b17-4-. The van der Waals surface area contributed by atoms with Crippen molar-refractivity contribution in [2.75, 3.05) is 7.05 Å². The van der Waals surface area contributed by atoms with Crippen LogP contribution in [0.5, 0.6) is 0 Å². The van der Waals surface area contributed by atoms with Gasteiger partial charge in [-0.3, -0.25) is 5.01 Å². The van der Waals surface area contributed by atoms with Crippen LogP contribution >= 0.6 is 11.6 Å². The summed E-state index contributed by atoms with van der Waals surface area (Å²) >= 11 is 5.95. The highest BCUT2D eigenvalue weighted by molar-refractivity contribution is 6.30. The quantitative estimate of drug-likeness (QED) is 0.477. The molecule has 0 fully saturated rings. The van der Waals surface area contributed by atoms with Gasteiger partial charge in [0, 0.05) is 30.4 Å². The maximum atomic E-state index is 5.95. The van der Waals surface area contributed by atoms with Crippen molar-refractivity contribution in [1.29, 1.82) is 0 Å². The van der Waals surface area contributed by atoms with Crippen LogP contribution in [0.4, 0.5) is 0 Å². The minimum Gasteiger partial charge on any atom is -0.269 e. The molecule has 4 heteroatoms. The third kappa shape index (κ3) is 2.36. The zero-order chi connectivity index (χ0) is 13.1. The molecule has 0 spiro atoms. The molecule has 3 nitrogen and oxygen atoms in total. The van der Waals surface area contributed by atoms with E-state index in [0.29, 0.717) is 5.15 Å². The third-order valence-corrected chi connectivity index (χ3v) is 2.93. The molecule has 1 aromatic heterocycles. The number of pyridine rings is 1. The molecule has 0 amide bonds. The first-order valence-corrected chi connectivity index (χ1v) is 5.97. The van der Waals surface area contributed by atoms with E-state index in [0.717, 1.165) is 22.0 Å². The van der Waals surface area contributed by atoms with Gasteiger partial charge in [0.05, 0.1) is 5.70 Å². The van der Waals surface area contributed by atoms with E-state index >= 15 is 0 Å². The van der Waals surface area contributed by atoms with Crippen molar-refractivity contribution >= 4 is 34.3 Å². The fourth-order valence-corrected chi connectivity index (χ4v) is 1.97. The fourth-order valence-electron chi connectivity index (χ4n) is 1.81. The number of hydrogen-bond acceptors (Lipinski definition) is 3. The van der Waals surface area contributed by atoms with Crippen LogP contribution in [-0.2, 0) is 0 Å². The Morgan fingerprint density at radius 3 is 3.00 bits per heavy atom. The molecule has 0 atom stereocenters. The van der Waals surface area contributed by atoms with Gasteiger partial charge < -0.3 is 0 Å². The Balaban J connectivity index is 2.57. The van der Waals surface area contributed by atoms with E-state index in [2.05, 4.69) is 16.7 Å². The third-order valence-electron chi connectivity index (χ3n) is 2.72. The van der Waals surface area contributed by atoms with Crippen LogP contribution < -0.4 is 0 Å². The van der Waals surface area contributed by atoms with Crippen LogP contribution in [0.25, 0.3) is 16.5 Å². The molecule has 0 saturated carbocycles. The number of fused-ring (bicyclic) bond motifs is 1. The normalized spacial score (nSPS) is 11.1. The van der Waals surface area contributed by atoms with E-state index < -0.39 is 0 Å². The first-order chi connectivity index (χ1) is 8.63. The number of hydrazone groups is 1. The van der Waals surface area contributed by atoms with E-state index in [-0.39, 0.29) is 0 Å². The Kier molecular flexibility index (Phi) is 3.63. The number of nitrogens with zero attached hydrogens (tertiary/aromatic N) is 3. The minimum absolute atomic E-state index is 0.476. The first kappa shape index (κ1) is 12.6. The van der Waals surface area contributed by atoms with Gasteiger partial charge in [-0.15, -0.1) is 0 Å². The van der Waals surface area contributed by atoms with Gasteiger partial charge in [0.1, 0.15) is 5.15 Å². The lowest BCUT2D eigenvalue weighted by Gasteiger charge is -2.17. The Morgan fingerprint density at radius 2 is 2.28 bits per heavy atom. The summed E-state index contributed by atoms with van der Waals surface area (Å²) in [5, 5.41) is 8.47. The van der Waals surface area contributed by atoms with E-state index in [1.165, 1.54) is 0 Å². The van der Waals surface area contributed by atoms with E-state index in [1.54, 1.807) is 17.4 Å². The van der Waals surface area contributed by atoms with Gasteiger partial charge in [-0.2, -0.15) is 5.10 Å². The maximum Gasteiger partial charge on any atom is 0.129 e. The number of rotatable bonds is 3. The molecule has 0 saturated heterocycles. The number of halogens is 1. The van der Waals surface area contributed by atoms with Crippen molar-refractivity contribution in [2.45, 2.75) is 6.92 Å².